The molecule has 0 aliphatic carbocycles. The third kappa shape index (κ3) is 4.76. The molecule has 1 saturated heterocycles. The van der Waals surface area contributed by atoms with E-state index in [0.717, 1.165) is 56.2 Å². The van der Waals surface area contributed by atoms with Crippen molar-refractivity contribution in [2.45, 2.75) is 20.3 Å². The number of piperazine rings is 1. The highest BCUT2D eigenvalue weighted by Crippen LogP contribution is 2.21. The highest BCUT2D eigenvalue weighted by atomic mass is 19.1. The number of hydrogen-bond donors (Lipinski definition) is 1. The molecule has 1 aromatic heterocycles. The molecule has 146 valence electrons. The fourth-order valence-electron chi connectivity index (χ4n) is 3.65. The Morgan fingerprint density at radius 1 is 1.11 bits per heavy atom. The van der Waals surface area contributed by atoms with Gasteiger partial charge in [-0.15, -0.1) is 0 Å². The molecule has 6 heteroatoms. The molecule has 5 nitrogen and oxygen atoms in total. The van der Waals surface area contributed by atoms with Gasteiger partial charge < -0.3 is 19.7 Å². The minimum absolute atomic E-state index is 0.0464. The molecule has 3 rings (SSSR count). The minimum atomic E-state index is -0.264. The lowest BCUT2D eigenvalue weighted by Crippen LogP contribution is -2.45. The topological polar surface area (TPSA) is 40.5 Å². The van der Waals surface area contributed by atoms with Gasteiger partial charge in [0.25, 0.3) is 5.91 Å². The van der Waals surface area contributed by atoms with E-state index in [4.69, 9.17) is 0 Å². The lowest BCUT2D eigenvalue weighted by Gasteiger charge is -2.32. The van der Waals surface area contributed by atoms with E-state index in [1.807, 2.05) is 24.5 Å². The van der Waals surface area contributed by atoms with Crippen LogP contribution in [0.2, 0.25) is 0 Å². The Bertz CT molecular complexity index is 776. The summed E-state index contributed by atoms with van der Waals surface area (Å²) in [5, 5.41) is 3.04. The Morgan fingerprint density at radius 3 is 2.44 bits per heavy atom. The van der Waals surface area contributed by atoms with Crippen LogP contribution in [-0.4, -0.2) is 66.6 Å². The minimum Gasteiger partial charge on any atom is -0.352 e. The fourth-order valence-corrected chi connectivity index (χ4v) is 3.65. The molecule has 27 heavy (non-hydrogen) atoms. The van der Waals surface area contributed by atoms with Crippen LogP contribution in [0.5, 0.6) is 0 Å². The van der Waals surface area contributed by atoms with Crippen molar-refractivity contribution in [3.8, 4) is 5.69 Å². The summed E-state index contributed by atoms with van der Waals surface area (Å²) in [6, 6.07) is 8.23. The molecule has 0 saturated carbocycles. The van der Waals surface area contributed by atoms with Gasteiger partial charge in [0, 0.05) is 49.8 Å². The lowest BCUT2D eigenvalue weighted by atomic mass is 10.2. The van der Waals surface area contributed by atoms with Crippen LogP contribution >= 0.6 is 0 Å². The van der Waals surface area contributed by atoms with Gasteiger partial charge >= 0.3 is 0 Å². The van der Waals surface area contributed by atoms with Gasteiger partial charge in [0.2, 0.25) is 0 Å². The zero-order valence-electron chi connectivity index (χ0n) is 16.5. The van der Waals surface area contributed by atoms with E-state index in [0.29, 0.717) is 12.1 Å². The van der Waals surface area contributed by atoms with Gasteiger partial charge in [-0.2, -0.15) is 0 Å². The van der Waals surface area contributed by atoms with Gasteiger partial charge in [-0.3, -0.25) is 4.79 Å². The number of aryl methyl sites for hydroxylation is 1. The van der Waals surface area contributed by atoms with Crippen LogP contribution < -0.4 is 5.32 Å². The quantitative estimate of drug-likeness (QED) is 0.793. The Kier molecular flexibility index (Phi) is 6.29. The molecule has 1 N–H and O–H groups in total. The predicted molar refractivity (Wildman–Crippen MR) is 106 cm³/mol. The smallest absolute Gasteiger partial charge is 0.253 e. The average Bonchev–Trinajstić information content (AvgIpc) is 2.95. The summed E-state index contributed by atoms with van der Waals surface area (Å²) >= 11 is 0. The second-order valence-electron chi connectivity index (χ2n) is 7.35. The van der Waals surface area contributed by atoms with Crippen molar-refractivity contribution in [3.63, 3.8) is 0 Å². The number of nitrogens with one attached hydrogen (secondary N) is 1. The molecule has 0 atom stereocenters. The first-order valence-electron chi connectivity index (χ1n) is 9.59. The highest BCUT2D eigenvalue weighted by molar-refractivity contribution is 5.95. The van der Waals surface area contributed by atoms with Gasteiger partial charge in [0.1, 0.15) is 5.82 Å². The van der Waals surface area contributed by atoms with Crippen molar-refractivity contribution < 1.29 is 9.18 Å². The zero-order valence-corrected chi connectivity index (χ0v) is 16.5. The number of benzene rings is 1. The first-order valence-corrected chi connectivity index (χ1v) is 9.59. The van der Waals surface area contributed by atoms with E-state index in [1.165, 1.54) is 12.1 Å². The van der Waals surface area contributed by atoms with Crippen molar-refractivity contribution in [2.75, 3.05) is 46.3 Å². The monoisotopic (exact) mass is 372 g/mol. The molecular weight excluding hydrogens is 343 g/mol. The number of likely N-dealkylation sites (N-methyl/N-ethyl adjacent to an activating group) is 1. The Morgan fingerprint density at radius 2 is 1.78 bits per heavy atom. The molecule has 0 unspecified atom stereocenters. The maximum Gasteiger partial charge on any atom is 0.253 e. The highest BCUT2D eigenvalue weighted by Gasteiger charge is 2.17. The van der Waals surface area contributed by atoms with Crippen LogP contribution in [0.3, 0.4) is 0 Å². The molecule has 0 spiro atoms. The summed E-state index contributed by atoms with van der Waals surface area (Å²) in [7, 11) is 2.15. The number of hydrogen-bond acceptors (Lipinski definition) is 3. The van der Waals surface area contributed by atoms with E-state index >= 15 is 0 Å². The van der Waals surface area contributed by atoms with E-state index in [-0.39, 0.29) is 11.7 Å². The maximum atomic E-state index is 13.2. The van der Waals surface area contributed by atoms with Crippen LogP contribution in [-0.2, 0) is 0 Å². The normalized spacial score (nSPS) is 15.9. The van der Waals surface area contributed by atoms with Crippen LogP contribution in [0.15, 0.2) is 30.3 Å². The number of nitrogens with zero attached hydrogens (tertiary/aromatic N) is 3. The molecule has 0 radical (unpaired) electrons. The van der Waals surface area contributed by atoms with Gasteiger partial charge in [0.15, 0.2) is 0 Å². The van der Waals surface area contributed by atoms with Crippen molar-refractivity contribution in [1.29, 1.82) is 0 Å². The molecule has 1 fully saturated rings. The van der Waals surface area contributed by atoms with Crippen LogP contribution in [0.4, 0.5) is 4.39 Å². The van der Waals surface area contributed by atoms with Crippen molar-refractivity contribution in [2.24, 2.45) is 0 Å². The second-order valence-corrected chi connectivity index (χ2v) is 7.35. The number of halogens is 1. The molecule has 1 aliphatic rings. The maximum absolute atomic E-state index is 13.2. The first kappa shape index (κ1) is 19.6. The van der Waals surface area contributed by atoms with Crippen molar-refractivity contribution in [1.82, 2.24) is 19.7 Å². The molecule has 2 heterocycles. The third-order valence-corrected chi connectivity index (χ3v) is 5.29. The fraction of sp³-hybridized carbons (Fsp3) is 0.476. The number of aromatic nitrogens is 1. The SMILES string of the molecule is Cc1cc(C(=O)NCCCN2CCN(C)CC2)c(C)n1-c1ccc(F)cc1. The molecule has 1 amide bonds. The number of rotatable bonds is 6. The van der Waals surface area contributed by atoms with Crippen LogP contribution in [0.25, 0.3) is 5.69 Å². The van der Waals surface area contributed by atoms with E-state index in [1.54, 1.807) is 12.1 Å². The van der Waals surface area contributed by atoms with E-state index < -0.39 is 0 Å². The molecule has 1 aromatic carbocycles. The van der Waals surface area contributed by atoms with Crippen LogP contribution in [0.1, 0.15) is 28.2 Å². The largest absolute Gasteiger partial charge is 0.352 e. The van der Waals surface area contributed by atoms with Crippen molar-refractivity contribution >= 4 is 5.91 Å². The third-order valence-electron chi connectivity index (χ3n) is 5.29. The standard InChI is InChI=1S/C21H29FN4O/c1-16-15-20(17(2)26(16)19-7-5-18(22)6-8-19)21(27)23-9-4-10-25-13-11-24(3)12-14-25/h5-8,15H,4,9-14H2,1-3H3,(H,23,27). The van der Waals surface area contributed by atoms with E-state index in [2.05, 4.69) is 22.2 Å². The molecule has 1 aliphatic heterocycles. The average molecular weight is 372 g/mol. The zero-order chi connectivity index (χ0) is 19.4. The molecule has 0 bridgehead atoms. The summed E-state index contributed by atoms with van der Waals surface area (Å²) in [6.07, 6.45) is 0.951. The second kappa shape index (κ2) is 8.67. The Balaban J connectivity index is 1.56. The van der Waals surface area contributed by atoms with Gasteiger partial charge in [-0.1, -0.05) is 0 Å². The summed E-state index contributed by atoms with van der Waals surface area (Å²) < 4.78 is 15.2. The van der Waals surface area contributed by atoms with Gasteiger partial charge in [-0.25, -0.2) is 4.39 Å². The Hall–Kier alpha value is -2.18. The van der Waals surface area contributed by atoms with E-state index in [9.17, 15) is 9.18 Å². The van der Waals surface area contributed by atoms with Crippen LogP contribution in [0, 0.1) is 19.7 Å². The number of carbonyl (C=O) groups is 1. The summed E-state index contributed by atoms with van der Waals surface area (Å²) in [4.78, 5) is 17.4. The van der Waals surface area contributed by atoms with Gasteiger partial charge in [0.05, 0.1) is 5.56 Å². The van der Waals surface area contributed by atoms with Crippen molar-refractivity contribution in [3.05, 3.63) is 53.1 Å². The summed E-state index contributed by atoms with van der Waals surface area (Å²) in [5.41, 5.74) is 3.37. The summed E-state index contributed by atoms with van der Waals surface area (Å²) in [5.74, 6) is -0.311. The summed E-state index contributed by atoms with van der Waals surface area (Å²) in [6.45, 7) is 10.0. The number of amides is 1. The number of carbonyl (C=O) groups excluding carboxylic acids is 1. The molecule has 2 aromatic rings. The lowest BCUT2D eigenvalue weighted by molar-refractivity contribution is 0.0949. The predicted octanol–water partition coefficient (Wildman–Crippen LogP) is 2.60. The molecular formula is C21H29FN4O. The van der Waals surface area contributed by atoms with Gasteiger partial charge in [-0.05, 0) is 64.2 Å². The Labute approximate surface area is 160 Å². The first-order chi connectivity index (χ1) is 13.0.